The van der Waals surface area contributed by atoms with Crippen LogP contribution >= 0.6 is 0 Å². The Labute approximate surface area is 152 Å². The molecule has 2 aliphatic rings. The molecule has 0 radical (unpaired) electrons. The van der Waals surface area contributed by atoms with E-state index in [9.17, 15) is 14.7 Å². The lowest BCUT2D eigenvalue weighted by atomic mass is 9.87. The van der Waals surface area contributed by atoms with Crippen LogP contribution in [0.4, 0.5) is 0 Å². The maximum atomic E-state index is 12.8. The highest BCUT2D eigenvalue weighted by Crippen LogP contribution is 2.60. The molecule has 1 aliphatic heterocycles. The second-order valence-corrected chi connectivity index (χ2v) is 7.10. The number of nitrogens with one attached hydrogen (secondary N) is 1. The summed E-state index contributed by atoms with van der Waals surface area (Å²) in [4.78, 5) is 24.4. The molecule has 2 aromatic rings. The summed E-state index contributed by atoms with van der Waals surface area (Å²) in [5, 5.41) is 12.3. The van der Waals surface area contributed by atoms with Crippen LogP contribution in [0, 0.1) is 5.92 Å². The number of para-hydroxylation sites is 1. The Morgan fingerprint density at radius 1 is 1.15 bits per heavy atom. The first-order valence-electron chi connectivity index (χ1n) is 8.89. The normalized spacial score (nSPS) is 24.2. The molecule has 1 unspecified atom stereocenters. The van der Waals surface area contributed by atoms with Gasteiger partial charge in [0, 0.05) is 23.3 Å². The summed E-state index contributed by atoms with van der Waals surface area (Å²) in [6.07, 6.45) is 1.82. The smallest absolute Gasteiger partial charge is 0.326 e. The molecule has 1 fully saturated rings. The SMILES string of the molecule is O=C(O)C(Cc1ccccc1)NC(=O)[C@@H]1C[C@]12CCOc1ccccc12. The van der Waals surface area contributed by atoms with E-state index >= 15 is 0 Å². The second kappa shape index (κ2) is 6.48. The van der Waals surface area contributed by atoms with E-state index in [4.69, 9.17) is 4.74 Å². The molecule has 5 nitrogen and oxygen atoms in total. The Morgan fingerprint density at radius 3 is 2.65 bits per heavy atom. The van der Waals surface area contributed by atoms with Gasteiger partial charge < -0.3 is 15.2 Å². The van der Waals surface area contributed by atoms with Crippen molar-refractivity contribution < 1.29 is 19.4 Å². The Bertz CT molecular complexity index is 835. The lowest BCUT2D eigenvalue weighted by Crippen LogP contribution is -2.44. The van der Waals surface area contributed by atoms with Crippen molar-refractivity contribution in [2.75, 3.05) is 6.61 Å². The highest BCUT2D eigenvalue weighted by Gasteiger charge is 2.61. The number of carbonyl (C=O) groups excluding carboxylic acids is 1. The van der Waals surface area contributed by atoms with Crippen LogP contribution in [0.3, 0.4) is 0 Å². The van der Waals surface area contributed by atoms with Crippen LogP contribution in [0.15, 0.2) is 54.6 Å². The molecule has 5 heteroatoms. The van der Waals surface area contributed by atoms with Gasteiger partial charge in [-0.2, -0.15) is 0 Å². The first-order valence-corrected chi connectivity index (χ1v) is 8.89. The van der Waals surface area contributed by atoms with Crippen molar-refractivity contribution in [3.05, 3.63) is 65.7 Å². The van der Waals surface area contributed by atoms with E-state index in [1.54, 1.807) is 0 Å². The van der Waals surface area contributed by atoms with Crippen LogP contribution < -0.4 is 10.1 Å². The number of carboxylic acid groups (broad SMARTS) is 1. The standard InChI is InChI=1S/C21H21NO4/c23-19(22-17(20(24)25)12-14-6-2-1-3-7-14)16-13-21(16)10-11-26-18-9-5-4-8-15(18)21/h1-9,16-17H,10-13H2,(H,22,23)(H,24,25)/t16-,17?,21-/m0/s1. The van der Waals surface area contributed by atoms with Crippen molar-refractivity contribution in [1.29, 1.82) is 0 Å². The molecule has 3 atom stereocenters. The van der Waals surface area contributed by atoms with E-state index < -0.39 is 12.0 Å². The molecule has 1 saturated carbocycles. The van der Waals surface area contributed by atoms with Crippen LogP contribution in [-0.2, 0) is 21.4 Å². The molecule has 0 saturated heterocycles. The summed E-state index contributed by atoms with van der Waals surface area (Å²) >= 11 is 0. The predicted octanol–water partition coefficient (Wildman–Crippen LogP) is 2.54. The van der Waals surface area contributed by atoms with Gasteiger partial charge in [0.25, 0.3) is 0 Å². The summed E-state index contributed by atoms with van der Waals surface area (Å²) in [5.41, 5.74) is 1.76. The van der Waals surface area contributed by atoms with Crippen LogP contribution in [0.1, 0.15) is 24.0 Å². The van der Waals surface area contributed by atoms with Crippen molar-refractivity contribution in [2.45, 2.75) is 30.7 Å². The minimum atomic E-state index is -1.01. The van der Waals surface area contributed by atoms with Crippen LogP contribution in [-0.4, -0.2) is 29.6 Å². The minimum absolute atomic E-state index is 0.176. The van der Waals surface area contributed by atoms with Gasteiger partial charge in [-0.1, -0.05) is 48.5 Å². The number of benzene rings is 2. The van der Waals surface area contributed by atoms with E-state index in [1.165, 1.54) is 0 Å². The van der Waals surface area contributed by atoms with Gasteiger partial charge in [-0.05, 0) is 24.5 Å². The zero-order chi connectivity index (χ0) is 18.1. The fourth-order valence-electron chi connectivity index (χ4n) is 4.03. The summed E-state index contributed by atoms with van der Waals surface area (Å²) in [7, 11) is 0. The van der Waals surface area contributed by atoms with Crippen molar-refractivity contribution >= 4 is 11.9 Å². The first-order chi connectivity index (χ1) is 12.6. The fraction of sp³-hybridized carbons (Fsp3) is 0.333. The van der Waals surface area contributed by atoms with Gasteiger partial charge in [0.05, 0.1) is 6.61 Å². The largest absolute Gasteiger partial charge is 0.493 e. The van der Waals surface area contributed by atoms with Gasteiger partial charge in [-0.25, -0.2) is 4.79 Å². The van der Waals surface area contributed by atoms with Crippen molar-refractivity contribution in [3.8, 4) is 5.75 Å². The molecule has 4 rings (SSSR count). The average Bonchev–Trinajstić information content (AvgIpc) is 3.37. The molecule has 2 N–H and O–H groups in total. The van der Waals surface area contributed by atoms with E-state index in [-0.39, 0.29) is 23.7 Å². The summed E-state index contributed by atoms with van der Waals surface area (Å²) in [5.74, 6) is -0.535. The summed E-state index contributed by atoms with van der Waals surface area (Å²) in [6.45, 7) is 0.590. The quantitative estimate of drug-likeness (QED) is 0.868. The fourth-order valence-corrected chi connectivity index (χ4v) is 4.03. The van der Waals surface area contributed by atoms with E-state index in [1.807, 2.05) is 54.6 Å². The summed E-state index contributed by atoms with van der Waals surface area (Å²) in [6, 6.07) is 16.3. The number of amides is 1. The van der Waals surface area contributed by atoms with Gasteiger partial charge >= 0.3 is 5.97 Å². The molecule has 0 aromatic heterocycles. The monoisotopic (exact) mass is 351 g/mol. The molecule has 1 heterocycles. The number of fused-ring (bicyclic) bond motifs is 2. The van der Waals surface area contributed by atoms with Crippen LogP contribution in [0.5, 0.6) is 5.75 Å². The average molecular weight is 351 g/mol. The van der Waals surface area contributed by atoms with Crippen LogP contribution in [0.2, 0.25) is 0 Å². The molecule has 134 valence electrons. The highest BCUT2D eigenvalue weighted by molar-refractivity contribution is 5.89. The van der Waals surface area contributed by atoms with E-state index in [2.05, 4.69) is 5.32 Å². The lowest BCUT2D eigenvalue weighted by molar-refractivity contribution is -0.142. The molecule has 2 aromatic carbocycles. The number of carboxylic acids is 1. The van der Waals surface area contributed by atoms with Gasteiger partial charge in [0.1, 0.15) is 11.8 Å². The molecule has 26 heavy (non-hydrogen) atoms. The van der Waals surface area contributed by atoms with Crippen LogP contribution in [0.25, 0.3) is 0 Å². The van der Waals surface area contributed by atoms with Gasteiger partial charge in [-0.15, -0.1) is 0 Å². The maximum Gasteiger partial charge on any atom is 0.326 e. The van der Waals surface area contributed by atoms with Gasteiger partial charge in [0.2, 0.25) is 5.91 Å². The third-order valence-electron chi connectivity index (χ3n) is 5.52. The zero-order valence-corrected chi connectivity index (χ0v) is 14.4. The molecule has 1 spiro atoms. The summed E-state index contributed by atoms with van der Waals surface area (Å²) < 4.78 is 5.70. The van der Waals surface area contributed by atoms with E-state index in [0.717, 1.165) is 29.7 Å². The molecule has 1 amide bonds. The lowest BCUT2D eigenvalue weighted by Gasteiger charge is -2.27. The van der Waals surface area contributed by atoms with Crippen molar-refractivity contribution in [3.63, 3.8) is 0 Å². The number of ether oxygens (including phenoxy) is 1. The van der Waals surface area contributed by atoms with Gasteiger partial charge in [-0.3, -0.25) is 4.79 Å². The van der Waals surface area contributed by atoms with E-state index in [0.29, 0.717) is 6.61 Å². The predicted molar refractivity (Wildman–Crippen MR) is 96.1 cm³/mol. The van der Waals surface area contributed by atoms with Gasteiger partial charge in [0.15, 0.2) is 0 Å². The Hall–Kier alpha value is -2.82. The Morgan fingerprint density at radius 2 is 1.88 bits per heavy atom. The maximum absolute atomic E-state index is 12.8. The van der Waals surface area contributed by atoms with Crippen molar-refractivity contribution in [1.82, 2.24) is 5.32 Å². The first kappa shape index (κ1) is 16.6. The number of hydrogen-bond donors (Lipinski definition) is 2. The number of carbonyl (C=O) groups is 2. The topological polar surface area (TPSA) is 75.6 Å². The Kier molecular flexibility index (Phi) is 4.15. The Balaban J connectivity index is 1.48. The third kappa shape index (κ3) is 2.94. The van der Waals surface area contributed by atoms with Crippen molar-refractivity contribution in [2.24, 2.45) is 5.92 Å². The minimum Gasteiger partial charge on any atom is -0.493 e. The molecular formula is C21H21NO4. The zero-order valence-electron chi connectivity index (χ0n) is 14.4. The third-order valence-corrected chi connectivity index (χ3v) is 5.52. The highest BCUT2D eigenvalue weighted by atomic mass is 16.5. The number of aliphatic carboxylic acids is 1. The second-order valence-electron chi connectivity index (χ2n) is 7.10. The number of hydrogen-bond acceptors (Lipinski definition) is 3. The molecule has 0 bridgehead atoms. The number of rotatable bonds is 5. The molecule has 1 aliphatic carbocycles. The molecular weight excluding hydrogens is 330 g/mol.